The molecule has 0 heterocycles. The van der Waals surface area contributed by atoms with E-state index in [4.69, 9.17) is 0 Å². The second-order valence-electron chi connectivity index (χ2n) is 10.1. The van der Waals surface area contributed by atoms with E-state index < -0.39 is 0 Å². The van der Waals surface area contributed by atoms with Gasteiger partial charge in [0.05, 0.1) is 0 Å². The fourth-order valence-corrected chi connectivity index (χ4v) is 6.32. The molecule has 0 nitrogen and oxygen atoms in total. The SMILES string of the molecule is c1ccc2c(-c3ccc4c(ccc5c6ccccc6ccc45)c3-c3cccc4ccccc34)cccc2c1. The molecule has 0 aliphatic heterocycles. The first-order valence-electron chi connectivity index (χ1n) is 13.2. The largest absolute Gasteiger partial charge is 0.0616 e. The highest BCUT2D eigenvalue weighted by atomic mass is 14.2. The summed E-state index contributed by atoms with van der Waals surface area (Å²) in [4.78, 5) is 0. The van der Waals surface area contributed by atoms with Crippen LogP contribution in [0.25, 0.3) is 76.1 Å². The fraction of sp³-hybridized carbons (Fsp3) is 0. The van der Waals surface area contributed by atoms with Gasteiger partial charge >= 0.3 is 0 Å². The Morgan fingerprint density at radius 1 is 0.211 bits per heavy atom. The summed E-state index contributed by atoms with van der Waals surface area (Å²) in [5, 5.41) is 12.8. The Bertz CT molecular complexity index is 2170. The molecule has 0 saturated heterocycles. The summed E-state index contributed by atoms with van der Waals surface area (Å²) in [7, 11) is 0. The van der Waals surface area contributed by atoms with E-state index in [0.29, 0.717) is 0 Å². The van der Waals surface area contributed by atoms with Gasteiger partial charge in [0.25, 0.3) is 0 Å². The van der Waals surface area contributed by atoms with Gasteiger partial charge < -0.3 is 0 Å². The van der Waals surface area contributed by atoms with Gasteiger partial charge in [-0.25, -0.2) is 0 Å². The third-order valence-electron chi connectivity index (χ3n) is 8.06. The lowest BCUT2D eigenvalue weighted by Crippen LogP contribution is -1.91. The molecule has 0 atom stereocenters. The first-order chi connectivity index (χ1) is 18.9. The molecule has 0 aliphatic carbocycles. The van der Waals surface area contributed by atoms with Crippen LogP contribution in [-0.4, -0.2) is 0 Å². The monoisotopic (exact) mass is 480 g/mol. The smallest absolute Gasteiger partial charge is 0.00201 e. The van der Waals surface area contributed by atoms with Crippen molar-refractivity contribution in [2.24, 2.45) is 0 Å². The lowest BCUT2D eigenvalue weighted by Gasteiger charge is -2.19. The van der Waals surface area contributed by atoms with Crippen LogP contribution in [0, 0.1) is 0 Å². The fourth-order valence-electron chi connectivity index (χ4n) is 6.32. The van der Waals surface area contributed by atoms with Crippen LogP contribution >= 0.6 is 0 Å². The maximum Gasteiger partial charge on any atom is -0.00201 e. The molecule has 176 valence electrons. The number of fused-ring (bicyclic) bond motifs is 7. The minimum Gasteiger partial charge on any atom is -0.0616 e. The van der Waals surface area contributed by atoms with Gasteiger partial charge in [0.2, 0.25) is 0 Å². The van der Waals surface area contributed by atoms with Crippen LogP contribution in [0.3, 0.4) is 0 Å². The number of benzene rings is 8. The first-order valence-corrected chi connectivity index (χ1v) is 13.2. The first kappa shape index (κ1) is 21.2. The van der Waals surface area contributed by atoms with E-state index >= 15 is 0 Å². The topological polar surface area (TPSA) is 0 Å². The van der Waals surface area contributed by atoms with Crippen LogP contribution in [0.15, 0.2) is 146 Å². The molecule has 38 heavy (non-hydrogen) atoms. The second-order valence-corrected chi connectivity index (χ2v) is 10.1. The van der Waals surface area contributed by atoms with E-state index in [2.05, 4.69) is 146 Å². The molecular formula is C38H24. The van der Waals surface area contributed by atoms with Gasteiger partial charge in [0, 0.05) is 0 Å². The van der Waals surface area contributed by atoms with E-state index in [1.165, 1.54) is 76.1 Å². The molecule has 0 unspecified atom stereocenters. The molecule has 8 aromatic rings. The van der Waals surface area contributed by atoms with Crippen molar-refractivity contribution in [2.45, 2.75) is 0 Å². The molecule has 0 amide bonds. The van der Waals surface area contributed by atoms with E-state index in [1.54, 1.807) is 0 Å². The molecule has 0 bridgehead atoms. The van der Waals surface area contributed by atoms with Gasteiger partial charge in [-0.3, -0.25) is 0 Å². The highest BCUT2D eigenvalue weighted by molar-refractivity contribution is 6.22. The van der Waals surface area contributed by atoms with Crippen molar-refractivity contribution in [1.29, 1.82) is 0 Å². The molecule has 0 N–H and O–H groups in total. The molecule has 0 heteroatoms. The summed E-state index contributed by atoms with van der Waals surface area (Å²) >= 11 is 0. The normalized spacial score (nSPS) is 11.7. The van der Waals surface area contributed by atoms with Crippen LogP contribution in [-0.2, 0) is 0 Å². The quantitative estimate of drug-likeness (QED) is 0.216. The molecule has 0 saturated carbocycles. The summed E-state index contributed by atoms with van der Waals surface area (Å²) in [5.41, 5.74) is 5.11. The maximum atomic E-state index is 2.34. The van der Waals surface area contributed by atoms with Crippen molar-refractivity contribution in [1.82, 2.24) is 0 Å². The van der Waals surface area contributed by atoms with E-state index in [1.807, 2.05) is 0 Å². The van der Waals surface area contributed by atoms with Crippen LogP contribution in [0.1, 0.15) is 0 Å². The Balaban J connectivity index is 1.55. The van der Waals surface area contributed by atoms with E-state index in [-0.39, 0.29) is 0 Å². The summed E-state index contributed by atoms with van der Waals surface area (Å²) in [6, 6.07) is 53.4. The predicted molar refractivity (Wildman–Crippen MR) is 165 cm³/mol. The minimum atomic E-state index is 1.26. The van der Waals surface area contributed by atoms with E-state index in [9.17, 15) is 0 Å². The highest BCUT2D eigenvalue weighted by Gasteiger charge is 2.17. The molecular weight excluding hydrogens is 456 g/mol. The lowest BCUT2D eigenvalue weighted by atomic mass is 9.84. The Morgan fingerprint density at radius 3 is 1.39 bits per heavy atom. The van der Waals surface area contributed by atoms with Crippen molar-refractivity contribution in [2.75, 3.05) is 0 Å². The van der Waals surface area contributed by atoms with Gasteiger partial charge in [-0.1, -0.05) is 146 Å². The van der Waals surface area contributed by atoms with Gasteiger partial charge in [0.1, 0.15) is 0 Å². The number of rotatable bonds is 2. The van der Waals surface area contributed by atoms with Gasteiger partial charge in [-0.05, 0) is 76.1 Å². The van der Waals surface area contributed by atoms with E-state index in [0.717, 1.165) is 0 Å². The van der Waals surface area contributed by atoms with Gasteiger partial charge in [-0.2, -0.15) is 0 Å². The van der Waals surface area contributed by atoms with Crippen molar-refractivity contribution >= 4 is 53.9 Å². The van der Waals surface area contributed by atoms with Crippen LogP contribution in [0.4, 0.5) is 0 Å². The molecule has 0 aliphatic rings. The Labute approximate surface area is 221 Å². The van der Waals surface area contributed by atoms with Gasteiger partial charge in [0.15, 0.2) is 0 Å². The Hall–Kier alpha value is -4.94. The zero-order chi connectivity index (χ0) is 25.1. The summed E-state index contributed by atoms with van der Waals surface area (Å²) in [5.74, 6) is 0. The van der Waals surface area contributed by atoms with Crippen LogP contribution < -0.4 is 0 Å². The third-order valence-corrected chi connectivity index (χ3v) is 8.06. The molecule has 8 rings (SSSR count). The molecule has 0 aromatic heterocycles. The highest BCUT2D eigenvalue weighted by Crippen LogP contribution is 2.45. The summed E-state index contributed by atoms with van der Waals surface area (Å²) in [6.07, 6.45) is 0. The van der Waals surface area contributed by atoms with Crippen molar-refractivity contribution in [3.8, 4) is 22.3 Å². The second kappa shape index (κ2) is 8.30. The number of hydrogen-bond donors (Lipinski definition) is 0. The molecule has 0 spiro atoms. The molecule has 0 fully saturated rings. The zero-order valence-electron chi connectivity index (χ0n) is 20.9. The standard InChI is InChI=1S/C38H24/c1-4-14-28-25(9-1)12-7-17-31(28)36-24-22-34-33-20-19-27-11-3-5-15-29(27)32(33)21-23-37(34)38(36)35-18-8-13-26-10-2-6-16-30(26)35/h1-24H. The average molecular weight is 481 g/mol. The Morgan fingerprint density at radius 2 is 0.658 bits per heavy atom. The number of hydrogen-bond acceptors (Lipinski definition) is 0. The zero-order valence-corrected chi connectivity index (χ0v) is 20.9. The van der Waals surface area contributed by atoms with Crippen molar-refractivity contribution in [3.63, 3.8) is 0 Å². The maximum absolute atomic E-state index is 2.34. The molecule has 0 radical (unpaired) electrons. The summed E-state index contributed by atoms with van der Waals surface area (Å²) < 4.78 is 0. The van der Waals surface area contributed by atoms with Gasteiger partial charge in [-0.15, -0.1) is 0 Å². The molecule has 8 aromatic carbocycles. The minimum absolute atomic E-state index is 1.26. The Kier molecular flexibility index (Phi) is 4.62. The van der Waals surface area contributed by atoms with Crippen molar-refractivity contribution in [3.05, 3.63) is 146 Å². The average Bonchev–Trinajstić information content (AvgIpc) is 2.99. The van der Waals surface area contributed by atoms with Crippen LogP contribution in [0.5, 0.6) is 0 Å². The lowest BCUT2D eigenvalue weighted by molar-refractivity contribution is 1.66. The summed E-state index contributed by atoms with van der Waals surface area (Å²) in [6.45, 7) is 0. The van der Waals surface area contributed by atoms with Crippen LogP contribution in [0.2, 0.25) is 0 Å². The van der Waals surface area contributed by atoms with Crippen molar-refractivity contribution < 1.29 is 0 Å². The predicted octanol–water partition coefficient (Wildman–Crippen LogP) is 10.8. The third kappa shape index (κ3) is 3.11.